The molecule has 0 fully saturated rings. The molecule has 0 bridgehead atoms. The number of hydrogen-bond donors (Lipinski definition) is 1. The van der Waals surface area contributed by atoms with Gasteiger partial charge < -0.3 is 14.8 Å². The van der Waals surface area contributed by atoms with E-state index in [1.165, 1.54) is 31.3 Å². The van der Waals surface area contributed by atoms with Gasteiger partial charge in [-0.15, -0.1) is 0 Å². The second kappa shape index (κ2) is 8.35. The van der Waals surface area contributed by atoms with Crippen molar-refractivity contribution >= 4 is 5.91 Å². The maximum absolute atomic E-state index is 11.7. The number of rotatable bonds is 7. The predicted octanol–water partition coefficient (Wildman–Crippen LogP) is 3.08. The summed E-state index contributed by atoms with van der Waals surface area (Å²) in [5.41, 5.74) is 1.47. The second-order valence-corrected chi connectivity index (χ2v) is 5.18. The van der Waals surface area contributed by atoms with Crippen LogP contribution in [0.25, 0.3) is 0 Å². The molecule has 1 amide bonds. The van der Waals surface area contributed by atoms with Gasteiger partial charge in [0.15, 0.2) is 6.61 Å². The molecule has 0 unspecified atom stereocenters. The number of amides is 1. The SMILES string of the molecule is COc1cccc(OCC(=O)NCCC2=CCCCC2)c1. The number of hydrogen-bond acceptors (Lipinski definition) is 3. The first-order valence-electron chi connectivity index (χ1n) is 7.49. The molecule has 1 aliphatic rings. The Hall–Kier alpha value is -1.97. The van der Waals surface area contributed by atoms with E-state index < -0.39 is 0 Å². The van der Waals surface area contributed by atoms with Crippen LogP contribution in [0, 0.1) is 0 Å². The Bertz CT molecular complexity index is 497. The lowest BCUT2D eigenvalue weighted by atomic mass is 9.97. The third-order valence-corrected chi connectivity index (χ3v) is 3.56. The number of methoxy groups -OCH3 is 1. The van der Waals surface area contributed by atoms with Gasteiger partial charge in [-0.1, -0.05) is 17.7 Å². The molecule has 4 heteroatoms. The molecule has 0 radical (unpaired) electrons. The summed E-state index contributed by atoms with van der Waals surface area (Å²) in [6, 6.07) is 7.25. The van der Waals surface area contributed by atoms with Crippen LogP contribution < -0.4 is 14.8 Å². The number of nitrogens with one attached hydrogen (secondary N) is 1. The van der Waals surface area contributed by atoms with E-state index in [1.807, 2.05) is 18.2 Å². The summed E-state index contributed by atoms with van der Waals surface area (Å²) in [5.74, 6) is 1.27. The zero-order valence-electron chi connectivity index (χ0n) is 12.6. The average molecular weight is 289 g/mol. The lowest BCUT2D eigenvalue weighted by molar-refractivity contribution is -0.123. The molecule has 2 rings (SSSR count). The van der Waals surface area contributed by atoms with Crippen molar-refractivity contribution in [1.29, 1.82) is 0 Å². The van der Waals surface area contributed by atoms with Crippen molar-refractivity contribution in [2.45, 2.75) is 32.1 Å². The summed E-state index contributed by atoms with van der Waals surface area (Å²) in [7, 11) is 1.60. The summed E-state index contributed by atoms with van der Waals surface area (Å²) >= 11 is 0. The molecule has 114 valence electrons. The van der Waals surface area contributed by atoms with Crippen LogP contribution in [0.3, 0.4) is 0 Å². The Morgan fingerprint density at radius 3 is 2.90 bits per heavy atom. The van der Waals surface area contributed by atoms with Gasteiger partial charge in [-0.25, -0.2) is 0 Å². The standard InChI is InChI=1S/C17H23NO3/c1-20-15-8-5-9-16(12-15)21-13-17(19)18-11-10-14-6-3-2-4-7-14/h5-6,8-9,12H,2-4,7,10-11,13H2,1H3,(H,18,19). The lowest BCUT2D eigenvalue weighted by Crippen LogP contribution is -2.30. The summed E-state index contributed by atoms with van der Waals surface area (Å²) in [6.45, 7) is 0.721. The highest BCUT2D eigenvalue weighted by atomic mass is 16.5. The van der Waals surface area contributed by atoms with Crippen LogP contribution in [0.15, 0.2) is 35.9 Å². The Kier molecular flexibility index (Phi) is 6.13. The zero-order valence-corrected chi connectivity index (χ0v) is 12.6. The Morgan fingerprint density at radius 1 is 1.29 bits per heavy atom. The monoisotopic (exact) mass is 289 g/mol. The van der Waals surface area contributed by atoms with Crippen molar-refractivity contribution in [2.24, 2.45) is 0 Å². The molecule has 1 N–H and O–H groups in total. The van der Waals surface area contributed by atoms with Gasteiger partial charge in [0.25, 0.3) is 5.91 Å². The highest BCUT2D eigenvalue weighted by Gasteiger charge is 2.06. The smallest absolute Gasteiger partial charge is 0.257 e. The summed E-state index contributed by atoms with van der Waals surface area (Å²) in [5, 5.41) is 2.89. The van der Waals surface area contributed by atoms with Crippen molar-refractivity contribution in [3.63, 3.8) is 0 Å². The van der Waals surface area contributed by atoms with Crippen molar-refractivity contribution in [2.75, 3.05) is 20.3 Å². The van der Waals surface area contributed by atoms with Crippen LogP contribution in [0.1, 0.15) is 32.1 Å². The number of ether oxygens (including phenoxy) is 2. The first-order valence-corrected chi connectivity index (χ1v) is 7.49. The summed E-state index contributed by atoms with van der Waals surface area (Å²) < 4.78 is 10.6. The van der Waals surface area contributed by atoms with Crippen LogP contribution in [-0.4, -0.2) is 26.2 Å². The fourth-order valence-corrected chi connectivity index (χ4v) is 2.39. The van der Waals surface area contributed by atoms with Crippen LogP contribution in [0.4, 0.5) is 0 Å². The van der Waals surface area contributed by atoms with E-state index in [0.717, 1.165) is 12.2 Å². The van der Waals surface area contributed by atoms with Crippen LogP contribution in [-0.2, 0) is 4.79 Å². The van der Waals surface area contributed by atoms with Crippen LogP contribution >= 0.6 is 0 Å². The first-order chi connectivity index (χ1) is 10.3. The summed E-state index contributed by atoms with van der Waals surface area (Å²) in [4.78, 5) is 11.7. The Morgan fingerprint density at radius 2 is 2.14 bits per heavy atom. The van der Waals surface area contributed by atoms with Gasteiger partial charge in [-0.05, 0) is 44.2 Å². The molecule has 1 aromatic rings. The highest BCUT2D eigenvalue weighted by molar-refractivity contribution is 5.77. The van der Waals surface area contributed by atoms with Gasteiger partial charge in [0.2, 0.25) is 0 Å². The first kappa shape index (κ1) is 15.4. The molecule has 1 aromatic carbocycles. The van der Waals surface area contributed by atoms with E-state index in [9.17, 15) is 4.79 Å². The summed E-state index contributed by atoms with van der Waals surface area (Å²) in [6.07, 6.45) is 8.19. The second-order valence-electron chi connectivity index (χ2n) is 5.18. The van der Waals surface area contributed by atoms with Crippen LogP contribution in [0.5, 0.6) is 11.5 Å². The molecule has 1 aliphatic carbocycles. The number of benzene rings is 1. The number of carbonyl (C=O) groups is 1. The molecular weight excluding hydrogens is 266 g/mol. The van der Waals surface area contributed by atoms with E-state index in [-0.39, 0.29) is 12.5 Å². The van der Waals surface area contributed by atoms with E-state index >= 15 is 0 Å². The Balaban J connectivity index is 1.66. The van der Waals surface area contributed by atoms with Crippen molar-refractivity contribution in [3.8, 4) is 11.5 Å². The minimum absolute atomic E-state index is 0.0339. The highest BCUT2D eigenvalue weighted by Crippen LogP contribution is 2.20. The third kappa shape index (κ3) is 5.50. The average Bonchev–Trinajstić information content (AvgIpc) is 2.54. The topological polar surface area (TPSA) is 47.6 Å². The minimum atomic E-state index is -0.0887. The van der Waals surface area contributed by atoms with Gasteiger partial charge in [0.05, 0.1) is 7.11 Å². The number of allylic oxidation sites excluding steroid dienone is 1. The quantitative estimate of drug-likeness (QED) is 0.785. The fourth-order valence-electron chi connectivity index (χ4n) is 2.39. The lowest BCUT2D eigenvalue weighted by Gasteiger charge is -2.13. The maximum Gasteiger partial charge on any atom is 0.257 e. The van der Waals surface area contributed by atoms with Gasteiger partial charge in [0.1, 0.15) is 11.5 Å². The van der Waals surface area contributed by atoms with E-state index in [2.05, 4.69) is 11.4 Å². The molecule has 0 aliphatic heterocycles. The molecule has 4 nitrogen and oxygen atoms in total. The maximum atomic E-state index is 11.7. The van der Waals surface area contributed by atoms with Gasteiger partial charge >= 0.3 is 0 Å². The van der Waals surface area contributed by atoms with Crippen LogP contribution in [0.2, 0.25) is 0 Å². The van der Waals surface area contributed by atoms with E-state index in [4.69, 9.17) is 9.47 Å². The molecule has 0 aromatic heterocycles. The van der Waals surface area contributed by atoms with Gasteiger partial charge in [0, 0.05) is 12.6 Å². The van der Waals surface area contributed by atoms with Gasteiger partial charge in [-0.3, -0.25) is 4.79 Å². The van der Waals surface area contributed by atoms with E-state index in [0.29, 0.717) is 12.3 Å². The fraction of sp³-hybridized carbons (Fsp3) is 0.471. The third-order valence-electron chi connectivity index (χ3n) is 3.56. The van der Waals surface area contributed by atoms with E-state index in [1.54, 1.807) is 13.2 Å². The van der Waals surface area contributed by atoms with Crippen molar-refractivity contribution < 1.29 is 14.3 Å². The molecular formula is C17H23NO3. The normalized spacial score (nSPS) is 14.2. The minimum Gasteiger partial charge on any atom is -0.497 e. The zero-order chi connectivity index (χ0) is 14.9. The molecule has 0 spiro atoms. The Labute approximate surface area is 126 Å². The van der Waals surface area contributed by atoms with Crippen molar-refractivity contribution in [3.05, 3.63) is 35.9 Å². The molecule has 0 saturated carbocycles. The molecule has 21 heavy (non-hydrogen) atoms. The van der Waals surface area contributed by atoms with Gasteiger partial charge in [-0.2, -0.15) is 0 Å². The molecule has 0 heterocycles. The molecule has 0 saturated heterocycles. The number of carbonyl (C=O) groups excluding carboxylic acids is 1. The predicted molar refractivity (Wildman–Crippen MR) is 82.7 cm³/mol. The van der Waals surface area contributed by atoms with Crippen molar-refractivity contribution in [1.82, 2.24) is 5.32 Å². The molecule has 0 atom stereocenters. The largest absolute Gasteiger partial charge is 0.497 e.